The van der Waals surface area contributed by atoms with Gasteiger partial charge in [-0.3, -0.25) is 0 Å². The van der Waals surface area contributed by atoms with Gasteiger partial charge in [0.1, 0.15) is 17.4 Å². The van der Waals surface area contributed by atoms with Gasteiger partial charge in [-0.05, 0) is 43.8 Å². The number of aromatic nitrogens is 1. The Morgan fingerprint density at radius 3 is 2.74 bits per heavy atom. The summed E-state index contributed by atoms with van der Waals surface area (Å²) in [6.07, 6.45) is 1.09. The highest BCUT2D eigenvalue weighted by Gasteiger charge is 2.09. The summed E-state index contributed by atoms with van der Waals surface area (Å²) in [5.41, 5.74) is 1.08. The van der Waals surface area contributed by atoms with Gasteiger partial charge in [-0.1, -0.05) is 0 Å². The van der Waals surface area contributed by atoms with Crippen molar-refractivity contribution in [1.82, 2.24) is 10.3 Å². The molecule has 0 aliphatic heterocycles. The van der Waals surface area contributed by atoms with E-state index in [1.165, 1.54) is 18.2 Å². The molecule has 0 aliphatic carbocycles. The molecule has 0 saturated carbocycles. The van der Waals surface area contributed by atoms with Gasteiger partial charge in [0.2, 0.25) is 5.88 Å². The summed E-state index contributed by atoms with van der Waals surface area (Å²) in [6.45, 7) is 2.08. The summed E-state index contributed by atoms with van der Waals surface area (Å²) in [4.78, 5) is 3.91. The van der Waals surface area contributed by atoms with E-state index in [9.17, 15) is 8.78 Å². The number of nitrogens with one attached hydrogen (secondary N) is 1. The highest BCUT2D eigenvalue weighted by Crippen LogP contribution is 2.25. The fourth-order valence-corrected chi connectivity index (χ4v) is 1.67. The van der Waals surface area contributed by atoms with Crippen LogP contribution in [-0.4, -0.2) is 12.0 Å². The van der Waals surface area contributed by atoms with Crippen molar-refractivity contribution < 1.29 is 13.5 Å². The van der Waals surface area contributed by atoms with Crippen LogP contribution in [0.2, 0.25) is 0 Å². The first-order valence-corrected chi connectivity index (χ1v) is 5.83. The number of rotatable bonds is 4. The van der Waals surface area contributed by atoms with Gasteiger partial charge in [0, 0.05) is 12.1 Å². The lowest BCUT2D eigenvalue weighted by Crippen LogP contribution is -2.07. The Bertz CT molecular complexity index is 588. The zero-order chi connectivity index (χ0) is 13.8. The van der Waals surface area contributed by atoms with Crippen LogP contribution in [0.25, 0.3) is 0 Å². The van der Waals surface area contributed by atoms with Crippen LogP contribution < -0.4 is 10.1 Å². The highest BCUT2D eigenvalue weighted by atomic mass is 19.1. The van der Waals surface area contributed by atoms with Crippen LogP contribution in [0.1, 0.15) is 11.1 Å². The monoisotopic (exact) mass is 264 g/mol. The van der Waals surface area contributed by atoms with E-state index in [4.69, 9.17) is 4.74 Å². The van der Waals surface area contributed by atoms with E-state index >= 15 is 0 Å². The molecule has 2 rings (SSSR count). The second-order valence-electron chi connectivity index (χ2n) is 4.16. The first kappa shape index (κ1) is 13.4. The number of hydrogen-bond acceptors (Lipinski definition) is 3. The van der Waals surface area contributed by atoms with Crippen molar-refractivity contribution in [2.24, 2.45) is 0 Å². The van der Waals surface area contributed by atoms with Gasteiger partial charge in [-0.25, -0.2) is 13.8 Å². The molecule has 19 heavy (non-hydrogen) atoms. The second kappa shape index (κ2) is 5.75. The number of nitrogens with zero attached hydrogens (tertiary/aromatic N) is 1. The average molecular weight is 264 g/mol. The van der Waals surface area contributed by atoms with Gasteiger partial charge in [-0.2, -0.15) is 0 Å². The van der Waals surface area contributed by atoms with Crippen molar-refractivity contribution in [2.75, 3.05) is 7.05 Å². The maximum Gasteiger partial charge on any atom is 0.223 e. The lowest BCUT2D eigenvalue weighted by atomic mass is 10.2. The van der Waals surface area contributed by atoms with E-state index in [0.29, 0.717) is 29.3 Å². The van der Waals surface area contributed by atoms with Gasteiger partial charge in [-0.15, -0.1) is 0 Å². The Labute approximate surface area is 110 Å². The van der Waals surface area contributed by atoms with Crippen molar-refractivity contribution in [3.8, 4) is 11.6 Å². The fraction of sp³-hybridized carbons (Fsp3) is 0.214. The van der Waals surface area contributed by atoms with Crippen LogP contribution in [0.15, 0.2) is 30.5 Å². The lowest BCUT2D eigenvalue weighted by molar-refractivity contribution is 0.448. The van der Waals surface area contributed by atoms with Crippen molar-refractivity contribution in [2.45, 2.75) is 13.5 Å². The number of benzene rings is 1. The van der Waals surface area contributed by atoms with E-state index in [1.54, 1.807) is 20.0 Å². The molecule has 5 heteroatoms. The second-order valence-corrected chi connectivity index (χ2v) is 4.16. The average Bonchev–Trinajstić information content (AvgIpc) is 2.37. The predicted molar refractivity (Wildman–Crippen MR) is 68.2 cm³/mol. The van der Waals surface area contributed by atoms with Gasteiger partial charge in [0.15, 0.2) is 0 Å². The molecular weight excluding hydrogens is 250 g/mol. The highest BCUT2D eigenvalue weighted by molar-refractivity contribution is 5.35. The normalized spacial score (nSPS) is 10.5. The molecule has 1 N–H and O–H groups in total. The molecule has 0 atom stereocenters. The first-order chi connectivity index (χ1) is 9.10. The quantitative estimate of drug-likeness (QED) is 0.921. The first-order valence-electron chi connectivity index (χ1n) is 5.83. The zero-order valence-electron chi connectivity index (χ0n) is 10.7. The maximum absolute atomic E-state index is 13.2. The van der Waals surface area contributed by atoms with Crippen molar-refractivity contribution in [1.29, 1.82) is 0 Å². The molecule has 1 aromatic carbocycles. The smallest absolute Gasteiger partial charge is 0.223 e. The van der Waals surface area contributed by atoms with Crippen LogP contribution in [0.5, 0.6) is 11.6 Å². The van der Waals surface area contributed by atoms with Crippen LogP contribution in [0.4, 0.5) is 8.78 Å². The van der Waals surface area contributed by atoms with Crippen molar-refractivity contribution >= 4 is 0 Å². The molecule has 1 heterocycles. The van der Waals surface area contributed by atoms with E-state index in [0.717, 1.165) is 6.20 Å². The van der Waals surface area contributed by atoms with Gasteiger partial charge in [0.25, 0.3) is 0 Å². The minimum atomic E-state index is -0.423. The largest absolute Gasteiger partial charge is 0.439 e. The summed E-state index contributed by atoms with van der Waals surface area (Å²) in [5, 5.41) is 2.91. The summed E-state index contributed by atoms with van der Waals surface area (Å²) in [7, 11) is 1.75. The van der Waals surface area contributed by atoms with Crippen LogP contribution >= 0.6 is 0 Å². The topological polar surface area (TPSA) is 34.2 Å². The molecule has 0 amide bonds. The summed E-state index contributed by atoms with van der Waals surface area (Å²) >= 11 is 0. The van der Waals surface area contributed by atoms with E-state index < -0.39 is 5.82 Å². The third-order valence-electron chi connectivity index (χ3n) is 2.60. The third kappa shape index (κ3) is 3.26. The molecule has 100 valence electrons. The summed E-state index contributed by atoms with van der Waals surface area (Å²) in [5.74, 6) is 0.0554. The molecule has 0 unspecified atom stereocenters. The number of pyridine rings is 1. The number of ether oxygens (including phenoxy) is 1. The van der Waals surface area contributed by atoms with E-state index in [-0.39, 0.29) is 5.82 Å². The summed E-state index contributed by atoms with van der Waals surface area (Å²) in [6, 6.07) is 5.77. The molecule has 3 nitrogen and oxygen atoms in total. The Kier molecular flexibility index (Phi) is 4.06. The summed E-state index contributed by atoms with van der Waals surface area (Å²) < 4.78 is 31.9. The Hall–Kier alpha value is -2.01. The minimum absolute atomic E-state index is 0.296. The molecule has 0 saturated heterocycles. The maximum atomic E-state index is 13.2. The molecule has 0 spiro atoms. The fourth-order valence-electron chi connectivity index (χ4n) is 1.67. The molecule has 1 aromatic heterocycles. The predicted octanol–water partition coefficient (Wildman–Crippen LogP) is 3.18. The van der Waals surface area contributed by atoms with Gasteiger partial charge >= 0.3 is 0 Å². The molecule has 0 radical (unpaired) electrons. The van der Waals surface area contributed by atoms with Crippen LogP contribution in [0.3, 0.4) is 0 Å². The van der Waals surface area contributed by atoms with Crippen molar-refractivity contribution in [3.63, 3.8) is 0 Å². The number of aryl methyl sites for hydroxylation is 1. The Morgan fingerprint density at radius 2 is 2.05 bits per heavy atom. The standard InChI is InChI=1S/C14H14F2N2O/c1-9-5-12(3-4-13(9)16)19-14-10(7-17-2)6-11(15)8-18-14/h3-6,8,17H,7H2,1-2H3. The molecule has 2 aromatic rings. The molecule has 0 fully saturated rings. The number of halogens is 2. The van der Waals surface area contributed by atoms with E-state index in [1.807, 2.05) is 0 Å². The van der Waals surface area contributed by atoms with E-state index in [2.05, 4.69) is 10.3 Å². The zero-order valence-corrected chi connectivity index (χ0v) is 10.7. The molecule has 0 bridgehead atoms. The molecule has 0 aliphatic rings. The minimum Gasteiger partial charge on any atom is -0.439 e. The SMILES string of the molecule is CNCc1cc(F)cnc1Oc1ccc(F)c(C)c1. The van der Waals surface area contributed by atoms with Crippen LogP contribution in [0, 0.1) is 18.6 Å². The van der Waals surface area contributed by atoms with Crippen LogP contribution in [-0.2, 0) is 6.54 Å². The van der Waals surface area contributed by atoms with Gasteiger partial charge in [0.05, 0.1) is 6.20 Å². The Balaban J connectivity index is 2.29. The Morgan fingerprint density at radius 1 is 1.26 bits per heavy atom. The lowest BCUT2D eigenvalue weighted by Gasteiger charge is -2.10. The number of hydrogen-bond donors (Lipinski definition) is 1. The van der Waals surface area contributed by atoms with Gasteiger partial charge < -0.3 is 10.1 Å². The third-order valence-corrected chi connectivity index (χ3v) is 2.60. The molecular formula is C14H14F2N2O. The van der Waals surface area contributed by atoms with Crippen molar-refractivity contribution in [3.05, 3.63) is 53.2 Å².